The first-order valence-corrected chi connectivity index (χ1v) is 4.68. The van der Waals surface area contributed by atoms with Crippen molar-refractivity contribution in [2.75, 3.05) is 0 Å². The SMILES string of the molecule is CCC(C)C(O)C(C)C(C)C. The minimum absolute atomic E-state index is 0.125. The summed E-state index contributed by atoms with van der Waals surface area (Å²) in [5, 5.41) is 9.76. The molecule has 68 valence electrons. The van der Waals surface area contributed by atoms with Gasteiger partial charge in [0.25, 0.3) is 0 Å². The van der Waals surface area contributed by atoms with Crippen LogP contribution in [0.25, 0.3) is 0 Å². The fourth-order valence-electron chi connectivity index (χ4n) is 1.15. The molecule has 3 unspecified atom stereocenters. The van der Waals surface area contributed by atoms with Crippen LogP contribution < -0.4 is 0 Å². The third-order valence-electron chi connectivity index (χ3n) is 2.82. The zero-order chi connectivity index (χ0) is 9.02. The molecule has 0 aromatic rings. The smallest absolute Gasteiger partial charge is 0.0593 e. The van der Waals surface area contributed by atoms with Crippen molar-refractivity contribution in [3.8, 4) is 0 Å². The number of hydrogen-bond acceptors (Lipinski definition) is 1. The van der Waals surface area contributed by atoms with Gasteiger partial charge in [-0.2, -0.15) is 0 Å². The highest BCUT2D eigenvalue weighted by Gasteiger charge is 2.21. The van der Waals surface area contributed by atoms with Crippen LogP contribution in [0.5, 0.6) is 0 Å². The largest absolute Gasteiger partial charge is 0.393 e. The fraction of sp³-hybridized carbons (Fsp3) is 1.00. The summed E-state index contributed by atoms with van der Waals surface area (Å²) in [7, 11) is 0. The van der Waals surface area contributed by atoms with Crippen molar-refractivity contribution in [2.24, 2.45) is 17.8 Å². The van der Waals surface area contributed by atoms with E-state index in [1.165, 1.54) is 0 Å². The van der Waals surface area contributed by atoms with E-state index in [2.05, 4.69) is 34.6 Å². The molecule has 0 rings (SSSR count). The maximum Gasteiger partial charge on any atom is 0.0593 e. The first-order chi connectivity index (χ1) is 5.00. The van der Waals surface area contributed by atoms with Crippen molar-refractivity contribution in [1.29, 1.82) is 0 Å². The first-order valence-electron chi connectivity index (χ1n) is 4.68. The van der Waals surface area contributed by atoms with E-state index in [1.54, 1.807) is 0 Å². The number of aliphatic hydroxyl groups is 1. The van der Waals surface area contributed by atoms with Gasteiger partial charge in [0.1, 0.15) is 0 Å². The monoisotopic (exact) mass is 158 g/mol. The van der Waals surface area contributed by atoms with Crippen LogP contribution in [-0.4, -0.2) is 11.2 Å². The quantitative estimate of drug-likeness (QED) is 0.667. The average molecular weight is 158 g/mol. The molecule has 3 atom stereocenters. The van der Waals surface area contributed by atoms with Crippen LogP contribution in [0.15, 0.2) is 0 Å². The van der Waals surface area contributed by atoms with E-state index in [-0.39, 0.29) is 6.10 Å². The molecule has 0 aliphatic rings. The molecule has 0 amide bonds. The minimum atomic E-state index is -0.125. The van der Waals surface area contributed by atoms with E-state index in [9.17, 15) is 5.11 Å². The summed E-state index contributed by atoms with van der Waals surface area (Å²) in [5.74, 6) is 1.44. The predicted molar refractivity (Wildman–Crippen MR) is 49.5 cm³/mol. The molecular formula is C10H22O. The van der Waals surface area contributed by atoms with Crippen molar-refractivity contribution in [2.45, 2.75) is 47.1 Å². The average Bonchev–Trinajstić information content (AvgIpc) is 2.00. The number of rotatable bonds is 4. The van der Waals surface area contributed by atoms with Crippen LogP contribution in [0.1, 0.15) is 41.0 Å². The van der Waals surface area contributed by atoms with Crippen LogP contribution in [0.2, 0.25) is 0 Å². The summed E-state index contributed by atoms with van der Waals surface area (Å²) >= 11 is 0. The Morgan fingerprint density at radius 2 is 1.55 bits per heavy atom. The molecule has 1 N–H and O–H groups in total. The van der Waals surface area contributed by atoms with Crippen LogP contribution in [0.4, 0.5) is 0 Å². The van der Waals surface area contributed by atoms with Crippen molar-refractivity contribution in [1.82, 2.24) is 0 Å². The second kappa shape index (κ2) is 4.76. The molecule has 0 saturated heterocycles. The molecule has 0 saturated carbocycles. The Morgan fingerprint density at radius 3 is 1.82 bits per heavy atom. The van der Waals surface area contributed by atoms with E-state index in [4.69, 9.17) is 0 Å². The Hall–Kier alpha value is -0.0400. The van der Waals surface area contributed by atoms with Crippen LogP contribution >= 0.6 is 0 Å². The molecule has 0 aromatic carbocycles. The highest BCUT2D eigenvalue weighted by molar-refractivity contribution is 4.71. The lowest BCUT2D eigenvalue weighted by Gasteiger charge is -2.26. The van der Waals surface area contributed by atoms with Crippen molar-refractivity contribution >= 4 is 0 Å². The Balaban J connectivity index is 3.90. The van der Waals surface area contributed by atoms with E-state index >= 15 is 0 Å². The maximum absolute atomic E-state index is 9.76. The lowest BCUT2D eigenvalue weighted by Crippen LogP contribution is -2.28. The lowest BCUT2D eigenvalue weighted by atomic mass is 9.85. The van der Waals surface area contributed by atoms with Gasteiger partial charge in [0.15, 0.2) is 0 Å². The molecule has 0 radical (unpaired) electrons. The molecule has 0 aliphatic carbocycles. The van der Waals surface area contributed by atoms with Gasteiger partial charge in [0, 0.05) is 0 Å². The minimum Gasteiger partial charge on any atom is -0.393 e. The summed E-state index contributed by atoms with van der Waals surface area (Å²) in [6, 6.07) is 0. The van der Waals surface area contributed by atoms with Gasteiger partial charge in [0.2, 0.25) is 0 Å². The lowest BCUT2D eigenvalue weighted by molar-refractivity contribution is 0.0435. The molecule has 0 aromatic heterocycles. The van der Waals surface area contributed by atoms with Gasteiger partial charge in [-0.25, -0.2) is 0 Å². The zero-order valence-corrected chi connectivity index (χ0v) is 8.46. The predicted octanol–water partition coefficient (Wildman–Crippen LogP) is 2.69. The van der Waals surface area contributed by atoms with Crippen LogP contribution in [-0.2, 0) is 0 Å². The van der Waals surface area contributed by atoms with Gasteiger partial charge in [-0.3, -0.25) is 0 Å². The first kappa shape index (κ1) is 11.0. The summed E-state index contributed by atoms with van der Waals surface area (Å²) in [6.45, 7) is 10.7. The van der Waals surface area contributed by atoms with Crippen LogP contribution in [0, 0.1) is 17.8 Å². The number of hydrogen-bond donors (Lipinski definition) is 1. The Bertz CT molecular complexity index is 99.0. The van der Waals surface area contributed by atoms with Gasteiger partial charge >= 0.3 is 0 Å². The summed E-state index contributed by atoms with van der Waals surface area (Å²) in [4.78, 5) is 0. The van der Waals surface area contributed by atoms with Gasteiger partial charge < -0.3 is 5.11 Å². The Morgan fingerprint density at radius 1 is 1.09 bits per heavy atom. The summed E-state index contributed by atoms with van der Waals surface area (Å²) in [5.41, 5.74) is 0. The normalized spacial score (nSPS) is 19.9. The van der Waals surface area contributed by atoms with Gasteiger partial charge in [-0.15, -0.1) is 0 Å². The van der Waals surface area contributed by atoms with E-state index in [0.29, 0.717) is 17.8 Å². The molecule has 0 fully saturated rings. The third kappa shape index (κ3) is 3.24. The maximum atomic E-state index is 9.76. The second-order valence-electron chi connectivity index (χ2n) is 3.98. The second-order valence-corrected chi connectivity index (χ2v) is 3.98. The molecule has 1 nitrogen and oxygen atoms in total. The molecule has 0 spiro atoms. The van der Waals surface area contributed by atoms with Crippen molar-refractivity contribution < 1.29 is 5.11 Å². The molecule has 0 aliphatic heterocycles. The van der Waals surface area contributed by atoms with Crippen molar-refractivity contribution in [3.05, 3.63) is 0 Å². The van der Waals surface area contributed by atoms with E-state index in [1.807, 2.05) is 0 Å². The summed E-state index contributed by atoms with van der Waals surface area (Å²) in [6.07, 6.45) is 0.943. The molecular weight excluding hydrogens is 136 g/mol. The van der Waals surface area contributed by atoms with E-state index in [0.717, 1.165) is 6.42 Å². The van der Waals surface area contributed by atoms with E-state index < -0.39 is 0 Å². The number of aliphatic hydroxyl groups excluding tert-OH is 1. The standard InChI is InChI=1S/C10H22O/c1-6-8(4)10(11)9(5)7(2)3/h7-11H,6H2,1-5H3. The molecule has 11 heavy (non-hydrogen) atoms. The van der Waals surface area contributed by atoms with Gasteiger partial charge in [-0.1, -0.05) is 41.0 Å². The topological polar surface area (TPSA) is 20.2 Å². The molecule has 0 heterocycles. The summed E-state index contributed by atoms with van der Waals surface area (Å²) < 4.78 is 0. The molecule has 1 heteroatoms. The van der Waals surface area contributed by atoms with Crippen molar-refractivity contribution in [3.63, 3.8) is 0 Å². The fourth-order valence-corrected chi connectivity index (χ4v) is 1.15. The molecule has 0 bridgehead atoms. The highest BCUT2D eigenvalue weighted by Crippen LogP contribution is 2.21. The highest BCUT2D eigenvalue weighted by atomic mass is 16.3. The van der Waals surface area contributed by atoms with Gasteiger partial charge in [0.05, 0.1) is 6.10 Å². The third-order valence-corrected chi connectivity index (χ3v) is 2.82. The van der Waals surface area contributed by atoms with Gasteiger partial charge in [-0.05, 0) is 17.8 Å². The Kier molecular flexibility index (Phi) is 4.74. The Labute approximate surface area is 70.8 Å². The van der Waals surface area contributed by atoms with Crippen LogP contribution in [0.3, 0.4) is 0 Å². The zero-order valence-electron chi connectivity index (χ0n) is 8.46.